The third-order valence-corrected chi connectivity index (χ3v) is 7.93. The van der Waals surface area contributed by atoms with Crippen LogP contribution in [0.4, 0.5) is 0 Å². The van der Waals surface area contributed by atoms with Crippen molar-refractivity contribution in [3.63, 3.8) is 0 Å². The first-order valence-corrected chi connectivity index (χ1v) is 10.5. The third kappa shape index (κ3) is 3.24. The maximum atomic E-state index is 13.4. The molecule has 0 heterocycles. The van der Waals surface area contributed by atoms with Crippen LogP contribution in [0.25, 0.3) is 0 Å². The van der Waals surface area contributed by atoms with Crippen LogP contribution in [-0.2, 0) is 14.6 Å². The normalized spacial score (nSPS) is 24.4. The van der Waals surface area contributed by atoms with Crippen LogP contribution in [0.15, 0.2) is 53.4 Å². The highest BCUT2D eigenvalue weighted by atomic mass is 32.2. The summed E-state index contributed by atoms with van der Waals surface area (Å²) in [5.41, 5.74) is 6.97. The molecule has 2 aromatic rings. The lowest BCUT2D eigenvalue weighted by molar-refractivity contribution is 0.166. The summed E-state index contributed by atoms with van der Waals surface area (Å²) in [6.45, 7) is 2.06. The predicted molar refractivity (Wildman–Crippen MR) is 109 cm³/mol. The molecule has 0 amide bonds. The zero-order valence-corrected chi connectivity index (χ0v) is 17.1. The molecule has 3 rings (SSSR count). The van der Waals surface area contributed by atoms with Crippen molar-refractivity contribution in [3.05, 3.63) is 59.7 Å². The molecule has 0 aliphatic heterocycles. The second kappa shape index (κ2) is 7.22. The molecular formula is C20H23NO4S2. The minimum Gasteiger partial charge on any atom is -0.497 e. The predicted octanol–water partition coefficient (Wildman–Crippen LogP) is 2.86. The number of methoxy groups -OCH3 is 2. The number of thiocarbonyl (C=S) groups is 1. The standard InChI is InChI=1S/C20H23NO4S2/c1-13-4-10-16(11-5-13)27(22,23)18-17(20(18,12-24-2)19(21)26)14-6-8-15(25-3)9-7-14/h4-11,17-18H,12H2,1-3H3,(H2,21,26)/t17-,18+,20-/m0/s1. The van der Waals surface area contributed by atoms with Crippen molar-refractivity contribution in [2.24, 2.45) is 11.1 Å². The molecule has 0 spiro atoms. The number of rotatable bonds is 7. The fourth-order valence-electron chi connectivity index (χ4n) is 3.79. The number of benzene rings is 2. The van der Waals surface area contributed by atoms with Crippen LogP contribution in [0.1, 0.15) is 17.0 Å². The fourth-order valence-corrected chi connectivity index (χ4v) is 6.57. The van der Waals surface area contributed by atoms with E-state index in [9.17, 15) is 8.42 Å². The van der Waals surface area contributed by atoms with Gasteiger partial charge in [0.2, 0.25) is 0 Å². The van der Waals surface area contributed by atoms with Crippen molar-refractivity contribution in [1.29, 1.82) is 0 Å². The number of sulfone groups is 1. The number of ether oxygens (including phenoxy) is 2. The van der Waals surface area contributed by atoms with Crippen LogP contribution >= 0.6 is 12.2 Å². The first-order chi connectivity index (χ1) is 12.8. The van der Waals surface area contributed by atoms with E-state index in [4.69, 9.17) is 27.4 Å². The van der Waals surface area contributed by atoms with Crippen molar-refractivity contribution in [3.8, 4) is 5.75 Å². The lowest BCUT2D eigenvalue weighted by atomic mass is 10.00. The Morgan fingerprint density at radius 2 is 1.70 bits per heavy atom. The summed E-state index contributed by atoms with van der Waals surface area (Å²) < 4.78 is 37.4. The molecule has 7 heteroatoms. The lowest BCUT2D eigenvalue weighted by Gasteiger charge is -2.16. The number of hydrogen-bond donors (Lipinski definition) is 1. The van der Waals surface area contributed by atoms with Gasteiger partial charge in [-0.25, -0.2) is 8.42 Å². The molecule has 0 radical (unpaired) electrons. The summed E-state index contributed by atoms with van der Waals surface area (Å²) in [6, 6.07) is 14.2. The summed E-state index contributed by atoms with van der Waals surface area (Å²) in [5.74, 6) is 0.331. The first-order valence-electron chi connectivity index (χ1n) is 8.52. The average molecular weight is 406 g/mol. The van der Waals surface area contributed by atoms with Gasteiger partial charge in [0.05, 0.1) is 34.3 Å². The van der Waals surface area contributed by atoms with Gasteiger partial charge in [0.15, 0.2) is 9.84 Å². The van der Waals surface area contributed by atoms with Gasteiger partial charge in [-0.05, 0) is 36.8 Å². The van der Waals surface area contributed by atoms with Crippen LogP contribution in [0, 0.1) is 12.3 Å². The summed E-state index contributed by atoms with van der Waals surface area (Å²) >= 11 is 5.31. The Morgan fingerprint density at radius 3 is 2.19 bits per heavy atom. The van der Waals surface area contributed by atoms with E-state index < -0.39 is 20.5 Å². The Labute approximate surface area is 165 Å². The number of hydrogen-bond acceptors (Lipinski definition) is 5. The summed E-state index contributed by atoms with van der Waals surface area (Å²) in [5, 5.41) is -0.765. The highest BCUT2D eigenvalue weighted by Crippen LogP contribution is 2.64. The zero-order chi connectivity index (χ0) is 19.8. The van der Waals surface area contributed by atoms with E-state index >= 15 is 0 Å². The molecule has 0 unspecified atom stereocenters. The highest BCUT2D eigenvalue weighted by Gasteiger charge is 2.73. The van der Waals surface area contributed by atoms with Gasteiger partial charge >= 0.3 is 0 Å². The topological polar surface area (TPSA) is 78.6 Å². The summed E-state index contributed by atoms with van der Waals surface area (Å²) in [6.07, 6.45) is 0. The number of aryl methyl sites for hydroxylation is 1. The molecule has 2 aromatic carbocycles. The first kappa shape index (κ1) is 19.8. The van der Waals surface area contributed by atoms with Gasteiger partial charge in [0, 0.05) is 13.0 Å². The molecule has 0 saturated heterocycles. The quantitative estimate of drug-likeness (QED) is 0.714. The minimum absolute atomic E-state index is 0.148. The Kier molecular flexibility index (Phi) is 5.29. The van der Waals surface area contributed by atoms with Gasteiger partial charge in [-0.3, -0.25) is 0 Å². The van der Waals surface area contributed by atoms with Crippen molar-refractivity contribution < 1.29 is 17.9 Å². The molecule has 1 aliphatic carbocycles. The van der Waals surface area contributed by atoms with E-state index in [1.165, 1.54) is 7.11 Å². The molecule has 27 heavy (non-hydrogen) atoms. The Balaban J connectivity index is 2.09. The third-order valence-electron chi connectivity index (χ3n) is 5.26. The molecule has 144 valence electrons. The molecule has 5 nitrogen and oxygen atoms in total. The largest absolute Gasteiger partial charge is 0.497 e. The van der Waals surface area contributed by atoms with E-state index in [1.807, 2.05) is 19.1 Å². The average Bonchev–Trinajstić information content (AvgIpc) is 3.33. The van der Waals surface area contributed by atoms with E-state index in [1.54, 1.807) is 43.5 Å². The van der Waals surface area contributed by atoms with E-state index in [-0.39, 0.29) is 22.4 Å². The zero-order valence-electron chi connectivity index (χ0n) is 15.5. The van der Waals surface area contributed by atoms with Crippen LogP contribution in [0.3, 0.4) is 0 Å². The van der Waals surface area contributed by atoms with Crippen molar-refractivity contribution in [2.45, 2.75) is 23.0 Å². The second-order valence-corrected chi connectivity index (χ2v) is 9.38. The summed E-state index contributed by atoms with van der Waals surface area (Å²) in [4.78, 5) is 0.427. The number of nitrogens with two attached hydrogens (primary N) is 1. The Hall–Kier alpha value is -1.96. The van der Waals surface area contributed by atoms with Crippen molar-refractivity contribution in [1.82, 2.24) is 0 Å². The van der Waals surface area contributed by atoms with E-state index in [0.29, 0.717) is 5.75 Å². The van der Waals surface area contributed by atoms with Crippen LogP contribution in [0.2, 0.25) is 0 Å². The van der Waals surface area contributed by atoms with E-state index in [2.05, 4.69) is 0 Å². The summed E-state index contributed by atoms with van der Waals surface area (Å²) in [7, 11) is -0.538. The Morgan fingerprint density at radius 1 is 1.11 bits per heavy atom. The molecule has 0 aromatic heterocycles. The Bertz CT molecular complexity index is 939. The van der Waals surface area contributed by atoms with E-state index in [0.717, 1.165) is 11.1 Å². The van der Waals surface area contributed by atoms with Gasteiger partial charge in [-0.2, -0.15) is 0 Å². The SMILES string of the molecule is COC[C@@]1(C(N)=S)[C@H](S(=O)(=O)c2ccc(C)cc2)[C@@H]1c1ccc(OC)cc1. The molecule has 0 bridgehead atoms. The van der Waals surface area contributed by atoms with Crippen LogP contribution in [-0.4, -0.2) is 39.5 Å². The maximum absolute atomic E-state index is 13.4. The van der Waals surface area contributed by atoms with Crippen molar-refractivity contribution in [2.75, 3.05) is 20.8 Å². The molecular weight excluding hydrogens is 382 g/mol. The second-order valence-electron chi connectivity index (χ2n) is 6.87. The molecule has 1 aliphatic rings. The van der Waals surface area contributed by atoms with Gasteiger partial charge < -0.3 is 15.2 Å². The fraction of sp³-hybridized carbons (Fsp3) is 0.350. The minimum atomic E-state index is -3.65. The van der Waals surface area contributed by atoms with Gasteiger partial charge in [-0.1, -0.05) is 42.0 Å². The van der Waals surface area contributed by atoms with Crippen LogP contribution in [0.5, 0.6) is 5.75 Å². The lowest BCUT2D eigenvalue weighted by Crippen LogP contribution is -2.33. The molecule has 1 saturated carbocycles. The maximum Gasteiger partial charge on any atom is 0.182 e. The van der Waals surface area contributed by atoms with Gasteiger partial charge in [0.1, 0.15) is 5.75 Å². The van der Waals surface area contributed by atoms with Gasteiger partial charge in [0.25, 0.3) is 0 Å². The van der Waals surface area contributed by atoms with Crippen LogP contribution < -0.4 is 10.5 Å². The van der Waals surface area contributed by atoms with Crippen molar-refractivity contribution >= 4 is 27.0 Å². The molecule has 1 fully saturated rings. The monoisotopic (exact) mass is 405 g/mol. The smallest absolute Gasteiger partial charge is 0.182 e. The molecule has 2 N–H and O–H groups in total. The highest BCUT2D eigenvalue weighted by molar-refractivity contribution is 7.92. The van der Waals surface area contributed by atoms with Gasteiger partial charge in [-0.15, -0.1) is 0 Å². The molecule has 3 atom stereocenters.